The summed E-state index contributed by atoms with van der Waals surface area (Å²) in [6, 6.07) is 0. The van der Waals surface area contributed by atoms with Crippen molar-refractivity contribution in [3.05, 3.63) is 0 Å². The summed E-state index contributed by atoms with van der Waals surface area (Å²) in [5.41, 5.74) is 0. The molecular formula is C29H57O12PY. The van der Waals surface area contributed by atoms with Crippen LogP contribution in [0.5, 0.6) is 0 Å². The minimum Gasteiger partial charge on any atom is -0.394 e. The predicted octanol–water partition coefficient (Wildman–Crippen LogP) is -0.750. The van der Waals surface area contributed by atoms with Crippen molar-refractivity contribution >= 4 is 9.90 Å². The molecule has 0 aromatic heterocycles. The van der Waals surface area contributed by atoms with Crippen molar-refractivity contribution in [1.82, 2.24) is 0 Å². The molecule has 3 saturated heterocycles. The molecule has 0 bridgehead atoms. The summed E-state index contributed by atoms with van der Waals surface area (Å²) < 4.78 is 35.2. The van der Waals surface area contributed by atoms with Crippen LogP contribution in [0.25, 0.3) is 0 Å². The van der Waals surface area contributed by atoms with Crippen LogP contribution in [0.1, 0.15) is 34.1 Å². The molecule has 0 amide bonds. The van der Waals surface area contributed by atoms with Crippen LogP contribution >= 0.6 is 9.90 Å². The quantitative estimate of drug-likeness (QED) is 0.124. The van der Waals surface area contributed by atoms with Gasteiger partial charge in [0.2, 0.25) is 0 Å². The molecule has 1 radical (unpaired) electrons. The van der Waals surface area contributed by atoms with Crippen molar-refractivity contribution in [2.24, 2.45) is 35.5 Å². The fraction of sp³-hybridized carbons (Fsp3) is 1.00. The van der Waals surface area contributed by atoms with E-state index < -0.39 is 60.7 Å². The van der Waals surface area contributed by atoms with E-state index in [0.717, 1.165) is 6.42 Å². The van der Waals surface area contributed by atoms with Crippen molar-refractivity contribution in [2.75, 3.05) is 60.0 Å². The molecule has 12 nitrogen and oxygen atoms in total. The van der Waals surface area contributed by atoms with E-state index in [0.29, 0.717) is 0 Å². The Bertz CT molecular complexity index is 752. The number of hydrogen-bond acceptors (Lipinski definition) is 12. The van der Waals surface area contributed by atoms with Crippen LogP contribution in [-0.4, -0.2) is 146 Å². The Morgan fingerprint density at radius 2 is 0.860 bits per heavy atom. The Labute approximate surface area is 285 Å². The minimum absolute atomic E-state index is 0. The number of ether oxygens (including phenoxy) is 6. The van der Waals surface area contributed by atoms with Gasteiger partial charge in [0, 0.05) is 75.3 Å². The van der Waals surface area contributed by atoms with Gasteiger partial charge in [0.15, 0.2) is 0 Å². The molecule has 0 aliphatic carbocycles. The van der Waals surface area contributed by atoms with E-state index in [4.69, 9.17) is 28.4 Å². The fourth-order valence-electron chi connectivity index (χ4n) is 6.67. The van der Waals surface area contributed by atoms with Gasteiger partial charge in [-0.2, -0.15) is 9.90 Å². The second kappa shape index (κ2) is 20.4. The van der Waals surface area contributed by atoms with Crippen LogP contribution in [0.15, 0.2) is 0 Å². The molecule has 16 unspecified atom stereocenters. The van der Waals surface area contributed by atoms with Gasteiger partial charge in [-0.1, -0.05) is 27.7 Å². The SMILES string of the molecule is CCC1OC(CO)C(COCC2OC(CO)C(COCC3OC(CO)C(COC)C(O)C3C)C(O)C2C)C(O)C1C.P.[Y]. The summed E-state index contributed by atoms with van der Waals surface area (Å²) in [7, 11) is 1.54. The van der Waals surface area contributed by atoms with E-state index in [1.807, 2.05) is 27.7 Å². The molecule has 0 aromatic rings. The number of aliphatic hydroxyl groups is 6. The second-order valence-electron chi connectivity index (χ2n) is 12.2. The van der Waals surface area contributed by atoms with Crippen LogP contribution in [0.4, 0.5) is 0 Å². The zero-order valence-electron chi connectivity index (χ0n) is 26.4. The molecule has 3 heterocycles. The Kier molecular flexibility index (Phi) is 20.0. The predicted molar refractivity (Wildman–Crippen MR) is 158 cm³/mol. The van der Waals surface area contributed by atoms with Crippen LogP contribution in [0.2, 0.25) is 0 Å². The average molecular weight is 718 g/mol. The van der Waals surface area contributed by atoms with Gasteiger partial charge in [-0.3, -0.25) is 0 Å². The number of hydrogen-bond donors (Lipinski definition) is 6. The number of methoxy groups -OCH3 is 1. The van der Waals surface area contributed by atoms with Gasteiger partial charge in [-0.15, -0.1) is 0 Å². The maximum Gasteiger partial charge on any atom is 0.0885 e. The van der Waals surface area contributed by atoms with Gasteiger partial charge < -0.3 is 59.1 Å². The molecule has 43 heavy (non-hydrogen) atoms. The summed E-state index contributed by atoms with van der Waals surface area (Å²) in [6.07, 6.45) is -4.35. The first-order valence-electron chi connectivity index (χ1n) is 15.1. The standard InChI is InChI=1S/C29H54O12.H3P.Y/c1-6-21-15(2)27(33)19(23(8-31)39-21)11-37-14-26-17(4)29(35)20(24(9-32)41-26)12-38-13-25-16(3)28(34)18(10-36-5)22(7-30)40-25;;/h15-35H,6-14H2,1-5H3;1H3;. The third kappa shape index (κ3) is 10.3. The summed E-state index contributed by atoms with van der Waals surface area (Å²) in [6.45, 7) is 7.70. The largest absolute Gasteiger partial charge is 0.394 e. The molecule has 3 aliphatic heterocycles. The zero-order chi connectivity index (χ0) is 30.3. The molecule has 253 valence electrons. The molecule has 16 atom stereocenters. The molecule has 3 aliphatic rings. The molecule has 6 N–H and O–H groups in total. The Morgan fingerprint density at radius 3 is 1.19 bits per heavy atom. The van der Waals surface area contributed by atoms with Gasteiger partial charge in [0.05, 0.1) is 108 Å². The van der Waals surface area contributed by atoms with Crippen LogP contribution < -0.4 is 0 Å². The van der Waals surface area contributed by atoms with Crippen molar-refractivity contribution < 1.29 is 91.8 Å². The second-order valence-corrected chi connectivity index (χ2v) is 12.2. The number of aliphatic hydroxyl groups excluding tert-OH is 6. The molecule has 0 aromatic carbocycles. The zero-order valence-corrected chi connectivity index (χ0v) is 30.7. The van der Waals surface area contributed by atoms with Crippen LogP contribution in [-0.2, 0) is 61.1 Å². The van der Waals surface area contributed by atoms with Crippen LogP contribution in [0.3, 0.4) is 0 Å². The van der Waals surface area contributed by atoms with E-state index in [2.05, 4.69) is 0 Å². The Hall–Kier alpha value is 1.05. The maximum absolute atomic E-state index is 11.1. The van der Waals surface area contributed by atoms with E-state index in [1.165, 1.54) is 0 Å². The third-order valence-corrected chi connectivity index (χ3v) is 9.66. The van der Waals surface area contributed by atoms with Crippen LogP contribution in [0, 0.1) is 35.5 Å². The summed E-state index contributed by atoms with van der Waals surface area (Å²) in [5.74, 6) is -1.90. The first-order chi connectivity index (χ1) is 19.6. The van der Waals surface area contributed by atoms with Crippen molar-refractivity contribution in [2.45, 2.75) is 89.1 Å². The average Bonchev–Trinajstić information content (AvgIpc) is 2.97. The first-order valence-corrected chi connectivity index (χ1v) is 15.1. The van der Waals surface area contributed by atoms with Crippen molar-refractivity contribution in [3.8, 4) is 0 Å². The monoisotopic (exact) mass is 717 g/mol. The van der Waals surface area contributed by atoms with Gasteiger partial charge in [0.1, 0.15) is 0 Å². The summed E-state index contributed by atoms with van der Waals surface area (Å²) >= 11 is 0. The van der Waals surface area contributed by atoms with Gasteiger partial charge in [-0.05, 0) is 6.42 Å². The molecular weight excluding hydrogens is 660 g/mol. The Morgan fingerprint density at radius 1 is 0.535 bits per heavy atom. The van der Waals surface area contributed by atoms with Crippen molar-refractivity contribution in [1.29, 1.82) is 0 Å². The fourth-order valence-corrected chi connectivity index (χ4v) is 6.67. The van der Waals surface area contributed by atoms with E-state index in [9.17, 15) is 30.6 Å². The van der Waals surface area contributed by atoms with Gasteiger partial charge in [0.25, 0.3) is 0 Å². The first kappa shape index (κ1) is 42.1. The third-order valence-electron chi connectivity index (χ3n) is 9.66. The molecule has 0 saturated carbocycles. The van der Waals surface area contributed by atoms with E-state index in [1.54, 1.807) is 7.11 Å². The summed E-state index contributed by atoms with van der Waals surface area (Å²) in [4.78, 5) is 0. The number of rotatable bonds is 14. The smallest absolute Gasteiger partial charge is 0.0885 e. The summed E-state index contributed by atoms with van der Waals surface area (Å²) in [5, 5.41) is 62.3. The van der Waals surface area contributed by atoms with E-state index >= 15 is 0 Å². The Balaban J connectivity index is 0.00000462. The van der Waals surface area contributed by atoms with Gasteiger partial charge >= 0.3 is 0 Å². The molecule has 14 heteroatoms. The van der Waals surface area contributed by atoms with E-state index in [-0.39, 0.29) is 125 Å². The topological polar surface area (TPSA) is 177 Å². The molecule has 3 fully saturated rings. The maximum atomic E-state index is 11.1. The molecule has 0 spiro atoms. The van der Waals surface area contributed by atoms with Gasteiger partial charge in [-0.25, -0.2) is 0 Å². The molecule has 3 rings (SSSR count). The minimum atomic E-state index is -0.833. The van der Waals surface area contributed by atoms with Crippen molar-refractivity contribution in [3.63, 3.8) is 0 Å². The normalized spacial score (nSPS) is 43.5.